The monoisotopic (exact) mass is 232 g/mol. The fourth-order valence-corrected chi connectivity index (χ4v) is 1.94. The van der Waals surface area contributed by atoms with Gasteiger partial charge in [0.05, 0.1) is 12.2 Å². The zero-order valence-electron chi connectivity index (χ0n) is 10.8. The van der Waals surface area contributed by atoms with Crippen LogP contribution in [0.25, 0.3) is 0 Å². The highest BCUT2D eigenvalue weighted by molar-refractivity contribution is 5.82. The van der Waals surface area contributed by atoms with Crippen molar-refractivity contribution in [2.24, 2.45) is 5.92 Å². The maximum Gasteiger partial charge on any atom is 0.154 e. The quantitative estimate of drug-likeness (QED) is 0.742. The van der Waals surface area contributed by atoms with Crippen molar-refractivity contribution in [2.75, 3.05) is 6.61 Å². The van der Waals surface area contributed by atoms with Crippen LogP contribution in [0.2, 0.25) is 0 Å². The molecule has 0 bridgehead atoms. The first-order valence-corrected chi connectivity index (χ1v) is 6.24. The Morgan fingerprint density at radius 2 is 2.06 bits per heavy atom. The number of hydrogen-bond acceptors (Lipinski definition) is 2. The molecule has 0 spiro atoms. The number of benzene rings is 1. The summed E-state index contributed by atoms with van der Waals surface area (Å²) in [5.74, 6) is 1.44. The van der Waals surface area contributed by atoms with Gasteiger partial charge in [0.15, 0.2) is 6.29 Å². The van der Waals surface area contributed by atoms with Crippen LogP contribution in [-0.2, 0) is 5.41 Å². The van der Waals surface area contributed by atoms with Gasteiger partial charge < -0.3 is 4.74 Å². The number of rotatable bonds is 4. The second kappa shape index (κ2) is 4.52. The Morgan fingerprint density at radius 3 is 2.59 bits per heavy atom. The Morgan fingerprint density at radius 1 is 1.35 bits per heavy atom. The van der Waals surface area contributed by atoms with E-state index in [0.29, 0.717) is 11.5 Å². The van der Waals surface area contributed by atoms with Gasteiger partial charge in [0, 0.05) is 0 Å². The van der Waals surface area contributed by atoms with E-state index in [0.717, 1.165) is 24.2 Å². The van der Waals surface area contributed by atoms with Crippen LogP contribution in [-0.4, -0.2) is 12.9 Å². The van der Waals surface area contributed by atoms with Gasteiger partial charge in [-0.25, -0.2) is 0 Å². The number of aldehydes is 1. The van der Waals surface area contributed by atoms with Gasteiger partial charge in [0.25, 0.3) is 0 Å². The van der Waals surface area contributed by atoms with Crippen molar-refractivity contribution in [3.63, 3.8) is 0 Å². The summed E-state index contributed by atoms with van der Waals surface area (Å²) < 4.78 is 5.76. The Bertz CT molecular complexity index is 411. The molecule has 1 aromatic rings. The molecule has 0 saturated heterocycles. The zero-order chi connectivity index (χ0) is 12.5. The minimum Gasteiger partial charge on any atom is -0.493 e. The van der Waals surface area contributed by atoms with Gasteiger partial charge in [-0.15, -0.1) is 0 Å². The summed E-state index contributed by atoms with van der Waals surface area (Å²) in [6.07, 6.45) is 3.44. The topological polar surface area (TPSA) is 26.3 Å². The maximum absolute atomic E-state index is 11.3. The molecule has 2 nitrogen and oxygen atoms in total. The molecule has 1 fully saturated rings. The molecule has 92 valence electrons. The van der Waals surface area contributed by atoms with E-state index in [-0.39, 0.29) is 5.41 Å². The number of carbonyl (C=O) groups is 1. The molecule has 0 heterocycles. The highest BCUT2D eigenvalue weighted by atomic mass is 16.5. The fraction of sp³-hybridized carbons (Fsp3) is 0.533. The second-order valence-electron chi connectivity index (χ2n) is 5.84. The molecule has 0 N–H and O–H groups in total. The third-order valence-electron chi connectivity index (χ3n) is 3.16. The Hall–Kier alpha value is -1.31. The van der Waals surface area contributed by atoms with Crippen LogP contribution in [0.1, 0.15) is 49.5 Å². The fourth-order valence-electron chi connectivity index (χ4n) is 1.94. The first kappa shape index (κ1) is 12.2. The van der Waals surface area contributed by atoms with Crippen molar-refractivity contribution in [3.8, 4) is 5.75 Å². The Kier molecular flexibility index (Phi) is 3.23. The van der Waals surface area contributed by atoms with Crippen molar-refractivity contribution < 1.29 is 9.53 Å². The summed E-state index contributed by atoms with van der Waals surface area (Å²) in [5.41, 5.74) is 1.73. The van der Waals surface area contributed by atoms with Crippen LogP contribution >= 0.6 is 0 Å². The maximum atomic E-state index is 11.3. The lowest BCUT2D eigenvalue weighted by Crippen LogP contribution is -2.15. The predicted molar refractivity (Wildman–Crippen MR) is 68.7 cm³/mol. The second-order valence-corrected chi connectivity index (χ2v) is 5.84. The SMILES string of the molecule is CC(C)(C)c1cccc(OCC2CC2)c1C=O. The minimum absolute atomic E-state index is 0.0325. The van der Waals surface area contributed by atoms with E-state index in [1.54, 1.807) is 0 Å². The van der Waals surface area contributed by atoms with Crippen LogP contribution < -0.4 is 4.74 Å². The molecule has 2 rings (SSSR count). The molecule has 1 aromatic carbocycles. The molecule has 2 heteroatoms. The predicted octanol–water partition coefficient (Wildman–Crippen LogP) is 3.59. The van der Waals surface area contributed by atoms with Gasteiger partial charge in [-0.05, 0) is 35.8 Å². The minimum atomic E-state index is -0.0325. The summed E-state index contributed by atoms with van der Waals surface area (Å²) >= 11 is 0. The highest BCUT2D eigenvalue weighted by Gasteiger charge is 2.24. The van der Waals surface area contributed by atoms with E-state index >= 15 is 0 Å². The van der Waals surface area contributed by atoms with Gasteiger partial charge in [0.1, 0.15) is 5.75 Å². The lowest BCUT2D eigenvalue weighted by molar-refractivity contribution is 0.111. The molecule has 1 aliphatic carbocycles. The molecule has 0 aromatic heterocycles. The normalized spacial score (nSPS) is 15.7. The third kappa shape index (κ3) is 2.87. The van der Waals surface area contributed by atoms with E-state index < -0.39 is 0 Å². The zero-order valence-corrected chi connectivity index (χ0v) is 10.8. The average Bonchev–Trinajstić information content (AvgIpc) is 3.08. The van der Waals surface area contributed by atoms with Gasteiger partial charge in [-0.2, -0.15) is 0 Å². The van der Waals surface area contributed by atoms with Crippen LogP contribution in [0.5, 0.6) is 5.75 Å². The number of carbonyl (C=O) groups excluding carboxylic acids is 1. The van der Waals surface area contributed by atoms with Crippen LogP contribution in [0.4, 0.5) is 0 Å². The molecular weight excluding hydrogens is 212 g/mol. The van der Waals surface area contributed by atoms with Crippen LogP contribution in [0, 0.1) is 5.92 Å². The van der Waals surface area contributed by atoms with Gasteiger partial charge in [-0.3, -0.25) is 4.79 Å². The van der Waals surface area contributed by atoms with E-state index in [4.69, 9.17) is 4.74 Å². The number of ether oxygens (including phenoxy) is 1. The first-order valence-electron chi connectivity index (χ1n) is 6.24. The van der Waals surface area contributed by atoms with Gasteiger partial charge in [-0.1, -0.05) is 32.9 Å². The van der Waals surface area contributed by atoms with Gasteiger partial charge >= 0.3 is 0 Å². The van der Waals surface area contributed by atoms with Crippen LogP contribution in [0.3, 0.4) is 0 Å². The van der Waals surface area contributed by atoms with E-state index in [1.165, 1.54) is 12.8 Å². The molecule has 0 aliphatic heterocycles. The third-order valence-corrected chi connectivity index (χ3v) is 3.16. The largest absolute Gasteiger partial charge is 0.493 e. The molecule has 1 aliphatic rings. The van der Waals surface area contributed by atoms with E-state index in [2.05, 4.69) is 20.8 Å². The van der Waals surface area contributed by atoms with E-state index in [9.17, 15) is 4.79 Å². The standard InChI is InChI=1S/C15H20O2/c1-15(2,3)13-5-4-6-14(12(13)9-16)17-10-11-7-8-11/h4-6,9,11H,7-8,10H2,1-3H3. The Labute approximate surface area is 103 Å². The van der Waals surface area contributed by atoms with Crippen molar-refractivity contribution in [1.29, 1.82) is 0 Å². The van der Waals surface area contributed by atoms with E-state index in [1.807, 2.05) is 18.2 Å². The lowest BCUT2D eigenvalue weighted by Gasteiger charge is -2.22. The van der Waals surface area contributed by atoms with Crippen molar-refractivity contribution in [2.45, 2.75) is 39.0 Å². The lowest BCUT2D eigenvalue weighted by atomic mass is 9.84. The number of hydrogen-bond donors (Lipinski definition) is 0. The summed E-state index contributed by atoms with van der Waals surface area (Å²) in [7, 11) is 0. The molecule has 0 unspecified atom stereocenters. The molecule has 0 atom stereocenters. The molecular formula is C15H20O2. The summed E-state index contributed by atoms with van der Waals surface area (Å²) in [5, 5.41) is 0. The molecule has 17 heavy (non-hydrogen) atoms. The smallest absolute Gasteiger partial charge is 0.154 e. The Balaban J connectivity index is 2.27. The molecule has 0 amide bonds. The molecule has 0 radical (unpaired) electrons. The highest BCUT2D eigenvalue weighted by Crippen LogP contribution is 2.33. The van der Waals surface area contributed by atoms with Crippen molar-refractivity contribution in [3.05, 3.63) is 29.3 Å². The van der Waals surface area contributed by atoms with Crippen molar-refractivity contribution >= 4 is 6.29 Å². The van der Waals surface area contributed by atoms with Crippen LogP contribution in [0.15, 0.2) is 18.2 Å². The molecule has 1 saturated carbocycles. The summed E-state index contributed by atoms with van der Waals surface area (Å²) in [6, 6.07) is 5.87. The summed E-state index contributed by atoms with van der Waals surface area (Å²) in [4.78, 5) is 11.3. The average molecular weight is 232 g/mol. The van der Waals surface area contributed by atoms with Crippen molar-refractivity contribution in [1.82, 2.24) is 0 Å². The first-order chi connectivity index (χ1) is 8.02. The van der Waals surface area contributed by atoms with Gasteiger partial charge in [0.2, 0.25) is 0 Å². The summed E-state index contributed by atoms with van der Waals surface area (Å²) in [6.45, 7) is 7.08.